The van der Waals surface area contributed by atoms with Gasteiger partial charge in [-0.2, -0.15) is 13.2 Å². The summed E-state index contributed by atoms with van der Waals surface area (Å²) in [6.45, 7) is 1.48. The molecule has 1 aliphatic heterocycles. The molecular formula is C15H12Cl2F4N2O4. The summed E-state index contributed by atoms with van der Waals surface area (Å²) in [5, 5.41) is 8.05. The van der Waals surface area contributed by atoms with Gasteiger partial charge in [0, 0.05) is 6.21 Å². The number of esters is 1. The Morgan fingerprint density at radius 3 is 2.44 bits per heavy atom. The second-order valence-corrected chi connectivity index (χ2v) is 5.62. The lowest BCUT2D eigenvalue weighted by atomic mass is 10.0. The maximum atomic E-state index is 13.2. The smallest absolute Gasteiger partial charge is 0.434 e. The lowest BCUT2D eigenvalue weighted by Crippen LogP contribution is -2.41. The molecule has 2 atom stereocenters. The molecule has 0 saturated heterocycles. The van der Waals surface area contributed by atoms with Crippen LogP contribution < -0.4 is 0 Å². The zero-order valence-electron chi connectivity index (χ0n) is 13.5. The number of carbonyl (C=O) groups is 2. The topological polar surface area (TPSA) is 88.8 Å². The van der Waals surface area contributed by atoms with Gasteiger partial charge < -0.3 is 9.84 Å². The van der Waals surface area contributed by atoms with Crippen molar-refractivity contribution in [2.24, 2.45) is 4.99 Å². The number of rotatable bonds is 3. The van der Waals surface area contributed by atoms with E-state index in [2.05, 4.69) is 14.7 Å². The van der Waals surface area contributed by atoms with E-state index in [4.69, 9.17) is 28.3 Å². The van der Waals surface area contributed by atoms with Gasteiger partial charge in [0.2, 0.25) is 0 Å². The average molecular weight is 431 g/mol. The third kappa shape index (κ3) is 5.90. The van der Waals surface area contributed by atoms with Crippen molar-refractivity contribution in [3.8, 4) is 0 Å². The van der Waals surface area contributed by atoms with E-state index in [0.29, 0.717) is 0 Å². The van der Waals surface area contributed by atoms with Crippen LogP contribution in [0.15, 0.2) is 29.3 Å². The SMILES string of the molecule is CCOC(=O)c1ccc(Cl)nc1C(F)(F)F.O=C(O)C1(F)C=CC=NC1Cl. The van der Waals surface area contributed by atoms with Crippen molar-refractivity contribution >= 4 is 41.4 Å². The molecule has 2 unspecified atom stereocenters. The monoisotopic (exact) mass is 430 g/mol. The summed E-state index contributed by atoms with van der Waals surface area (Å²) in [5.74, 6) is -2.69. The van der Waals surface area contributed by atoms with Crippen molar-refractivity contribution in [2.45, 2.75) is 24.3 Å². The number of hydrogen-bond acceptors (Lipinski definition) is 5. The van der Waals surface area contributed by atoms with Crippen molar-refractivity contribution in [1.29, 1.82) is 0 Å². The molecule has 0 saturated carbocycles. The van der Waals surface area contributed by atoms with E-state index < -0.39 is 40.5 Å². The average Bonchev–Trinajstić information content (AvgIpc) is 2.57. The molecule has 2 rings (SSSR count). The molecule has 1 aromatic heterocycles. The van der Waals surface area contributed by atoms with Crippen LogP contribution >= 0.6 is 23.2 Å². The van der Waals surface area contributed by atoms with Gasteiger partial charge in [-0.3, -0.25) is 4.99 Å². The first-order chi connectivity index (χ1) is 12.4. The van der Waals surface area contributed by atoms with Crippen molar-refractivity contribution in [1.82, 2.24) is 4.98 Å². The van der Waals surface area contributed by atoms with Gasteiger partial charge in [0.05, 0.1) is 12.2 Å². The number of carboxylic acids is 1. The van der Waals surface area contributed by atoms with Gasteiger partial charge in [-0.15, -0.1) is 0 Å². The van der Waals surface area contributed by atoms with Crippen LogP contribution in [0.25, 0.3) is 0 Å². The summed E-state index contributed by atoms with van der Waals surface area (Å²) in [7, 11) is 0. The number of nitrogens with zero attached hydrogens (tertiary/aromatic N) is 2. The standard InChI is InChI=1S/C9H7ClF3NO2.C6H5ClFNO2/c1-2-16-8(15)5-3-4-6(10)14-7(5)9(11,12)13;7-4-6(8,5(10)11)2-1-3-9-4/h3-4H,2H2,1H3;1-4H,(H,10,11). The van der Waals surface area contributed by atoms with Crippen LogP contribution in [0.2, 0.25) is 5.15 Å². The largest absolute Gasteiger partial charge is 0.479 e. The Balaban J connectivity index is 0.000000289. The van der Waals surface area contributed by atoms with Crippen LogP contribution in [-0.2, 0) is 15.7 Å². The van der Waals surface area contributed by atoms with Crippen LogP contribution in [0.5, 0.6) is 0 Å². The van der Waals surface area contributed by atoms with Crippen LogP contribution in [0.3, 0.4) is 0 Å². The third-order valence-corrected chi connectivity index (χ3v) is 3.58. The highest BCUT2D eigenvalue weighted by Crippen LogP contribution is 2.31. The Hall–Kier alpha value is -2.20. The summed E-state index contributed by atoms with van der Waals surface area (Å²) in [6.07, 6.45) is -1.39. The molecule has 1 aliphatic rings. The predicted molar refractivity (Wildman–Crippen MR) is 89.0 cm³/mol. The first-order valence-electron chi connectivity index (χ1n) is 7.11. The van der Waals surface area contributed by atoms with Crippen molar-refractivity contribution in [3.05, 3.63) is 40.7 Å². The Bertz CT molecular complexity index is 771. The normalized spacial score (nSPS) is 21.2. The van der Waals surface area contributed by atoms with Gasteiger partial charge in [-0.25, -0.2) is 19.0 Å². The van der Waals surface area contributed by atoms with E-state index in [0.717, 1.165) is 18.2 Å². The number of allylic oxidation sites excluding steroid dienone is 1. The number of aliphatic imine (C=N–C) groups is 1. The van der Waals surface area contributed by atoms with E-state index in [1.165, 1.54) is 19.2 Å². The Kier molecular flexibility index (Phi) is 7.73. The molecule has 0 bridgehead atoms. The summed E-state index contributed by atoms with van der Waals surface area (Å²) < 4.78 is 55.1. The molecule has 0 amide bonds. The number of carbonyl (C=O) groups excluding carboxylic acids is 1. The fourth-order valence-corrected chi connectivity index (χ4v) is 2.07. The van der Waals surface area contributed by atoms with Gasteiger partial charge in [0.1, 0.15) is 5.15 Å². The van der Waals surface area contributed by atoms with Crippen LogP contribution in [0.4, 0.5) is 17.6 Å². The minimum atomic E-state index is -4.74. The number of dihydropyridines is 1. The fourth-order valence-electron chi connectivity index (χ4n) is 1.69. The molecule has 0 spiro atoms. The first kappa shape index (κ1) is 22.8. The maximum absolute atomic E-state index is 13.2. The van der Waals surface area contributed by atoms with Crippen LogP contribution in [0, 0.1) is 0 Å². The van der Waals surface area contributed by atoms with Gasteiger partial charge in [0.25, 0.3) is 5.67 Å². The maximum Gasteiger partial charge on any atom is 0.434 e. The quantitative estimate of drug-likeness (QED) is 0.258. The minimum Gasteiger partial charge on any atom is -0.479 e. The molecule has 0 fully saturated rings. The zero-order valence-corrected chi connectivity index (χ0v) is 15.0. The summed E-state index contributed by atoms with van der Waals surface area (Å²) >= 11 is 10.7. The number of hydrogen-bond donors (Lipinski definition) is 1. The molecule has 0 aromatic carbocycles. The number of aliphatic carboxylic acids is 1. The molecular weight excluding hydrogens is 419 g/mol. The molecule has 12 heteroatoms. The molecule has 0 radical (unpaired) electrons. The highest BCUT2D eigenvalue weighted by Gasteiger charge is 2.44. The molecule has 27 heavy (non-hydrogen) atoms. The van der Waals surface area contributed by atoms with Gasteiger partial charge in [-0.1, -0.05) is 23.2 Å². The summed E-state index contributed by atoms with van der Waals surface area (Å²) in [4.78, 5) is 28.0. The van der Waals surface area contributed by atoms with Crippen molar-refractivity contribution in [2.75, 3.05) is 6.61 Å². The van der Waals surface area contributed by atoms with E-state index in [1.807, 2.05) is 0 Å². The number of ether oxygens (including phenoxy) is 1. The number of halogens is 6. The minimum absolute atomic E-state index is 0.0151. The van der Waals surface area contributed by atoms with E-state index >= 15 is 0 Å². The highest BCUT2D eigenvalue weighted by atomic mass is 35.5. The van der Waals surface area contributed by atoms with E-state index in [9.17, 15) is 27.2 Å². The molecule has 1 aromatic rings. The Morgan fingerprint density at radius 2 is 2.00 bits per heavy atom. The molecule has 6 nitrogen and oxygen atoms in total. The molecule has 0 aliphatic carbocycles. The summed E-state index contributed by atoms with van der Waals surface area (Å²) in [5.41, 5.74) is -5.90. The second-order valence-electron chi connectivity index (χ2n) is 4.81. The van der Waals surface area contributed by atoms with Gasteiger partial charge >= 0.3 is 18.1 Å². The first-order valence-corrected chi connectivity index (χ1v) is 7.93. The predicted octanol–water partition coefficient (Wildman–Crippen LogP) is 3.92. The third-order valence-electron chi connectivity index (χ3n) is 2.94. The van der Waals surface area contributed by atoms with E-state index in [1.54, 1.807) is 0 Å². The number of carboxylic acid groups (broad SMARTS) is 1. The van der Waals surface area contributed by atoms with E-state index in [-0.39, 0.29) is 11.8 Å². The lowest BCUT2D eigenvalue weighted by molar-refractivity contribution is -0.147. The second kappa shape index (κ2) is 9.14. The van der Waals surface area contributed by atoms with Crippen molar-refractivity contribution < 1.29 is 37.0 Å². The Morgan fingerprint density at radius 1 is 1.37 bits per heavy atom. The number of alkyl halides is 5. The zero-order chi connectivity index (χ0) is 20.8. The molecule has 1 N–H and O–H groups in total. The summed E-state index contributed by atoms with van der Waals surface area (Å²) in [6, 6.07) is 2.04. The van der Waals surface area contributed by atoms with Gasteiger partial charge in [-0.05, 0) is 31.2 Å². The number of pyridine rings is 1. The highest BCUT2D eigenvalue weighted by molar-refractivity contribution is 6.29. The lowest BCUT2D eigenvalue weighted by Gasteiger charge is -2.20. The molecule has 148 valence electrons. The van der Waals surface area contributed by atoms with Crippen LogP contribution in [0.1, 0.15) is 23.0 Å². The Labute approximate surface area is 160 Å². The van der Waals surface area contributed by atoms with Crippen molar-refractivity contribution in [3.63, 3.8) is 0 Å². The van der Waals surface area contributed by atoms with Crippen LogP contribution in [-0.4, -0.2) is 46.0 Å². The van der Waals surface area contributed by atoms with Gasteiger partial charge in [0.15, 0.2) is 11.2 Å². The fraction of sp³-hybridized carbons (Fsp3) is 0.333. The number of aromatic nitrogens is 1. The molecule has 2 heterocycles.